The van der Waals surface area contributed by atoms with Crippen molar-refractivity contribution in [3.05, 3.63) is 71.2 Å². The van der Waals surface area contributed by atoms with Gasteiger partial charge in [-0.25, -0.2) is 0 Å². The molecule has 0 fully saturated rings. The zero-order chi connectivity index (χ0) is 14.8. The molecule has 3 N–H and O–H groups in total. The van der Waals surface area contributed by atoms with Crippen LogP contribution in [0.2, 0.25) is 5.02 Å². The molecule has 0 amide bonds. The van der Waals surface area contributed by atoms with Gasteiger partial charge in [0.15, 0.2) is 0 Å². The highest BCUT2D eigenvalue weighted by Crippen LogP contribution is 2.31. The largest absolute Gasteiger partial charge is 0.389 e. The number of nitrogens with one attached hydrogen (secondary N) is 1. The molecule has 0 aliphatic carbocycles. The normalized spacial score (nSPS) is 10.5. The Labute approximate surface area is 133 Å². The summed E-state index contributed by atoms with van der Waals surface area (Å²) in [6, 6.07) is 19.6. The lowest BCUT2D eigenvalue weighted by Crippen LogP contribution is -2.10. The van der Waals surface area contributed by atoms with Crippen LogP contribution in [0.1, 0.15) is 5.56 Å². The molecular formula is C17H13ClN2S. The average molecular weight is 313 g/mol. The SMILES string of the molecule is NC(=S)c1ccc(Nc2ccccc2Cl)c2ccccc12. The molecule has 0 aliphatic rings. The van der Waals surface area contributed by atoms with Gasteiger partial charge in [0.2, 0.25) is 0 Å². The number of hydrogen-bond donors (Lipinski definition) is 2. The summed E-state index contributed by atoms with van der Waals surface area (Å²) in [5.41, 5.74) is 8.52. The molecule has 3 aromatic carbocycles. The van der Waals surface area contributed by atoms with Crippen LogP contribution >= 0.6 is 23.8 Å². The molecule has 4 heteroatoms. The van der Waals surface area contributed by atoms with E-state index in [-0.39, 0.29) is 0 Å². The Bertz CT molecular complexity index is 830. The van der Waals surface area contributed by atoms with Gasteiger partial charge < -0.3 is 11.1 Å². The van der Waals surface area contributed by atoms with E-state index in [2.05, 4.69) is 5.32 Å². The number of para-hydroxylation sites is 1. The summed E-state index contributed by atoms with van der Waals surface area (Å²) < 4.78 is 0. The summed E-state index contributed by atoms with van der Waals surface area (Å²) in [5.74, 6) is 0. The van der Waals surface area contributed by atoms with Gasteiger partial charge in [-0.1, -0.05) is 60.2 Å². The quantitative estimate of drug-likeness (QED) is 0.677. The van der Waals surface area contributed by atoms with Crippen molar-refractivity contribution in [3.8, 4) is 0 Å². The lowest BCUT2D eigenvalue weighted by molar-refractivity contribution is 1.57. The van der Waals surface area contributed by atoms with Crippen LogP contribution in [-0.2, 0) is 0 Å². The first kappa shape index (κ1) is 13.9. The average Bonchev–Trinajstić information content (AvgIpc) is 2.49. The van der Waals surface area contributed by atoms with Crippen molar-refractivity contribution >= 4 is 51.0 Å². The highest BCUT2D eigenvalue weighted by Gasteiger charge is 2.08. The predicted molar refractivity (Wildman–Crippen MR) is 94.6 cm³/mol. The molecule has 3 rings (SSSR count). The Kier molecular flexibility index (Phi) is 3.78. The van der Waals surface area contributed by atoms with Crippen molar-refractivity contribution in [1.29, 1.82) is 0 Å². The number of hydrogen-bond acceptors (Lipinski definition) is 2. The number of rotatable bonds is 3. The van der Waals surface area contributed by atoms with Crippen molar-refractivity contribution in [2.75, 3.05) is 5.32 Å². The van der Waals surface area contributed by atoms with Crippen LogP contribution in [0.15, 0.2) is 60.7 Å². The first-order valence-electron chi connectivity index (χ1n) is 6.50. The van der Waals surface area contributed by atoms with E-state index in [4.69, 9.17) is 29.6 Å². The lowest BCUT2D eigenvalue weighted by Gasteiger charge is -2.13. The summed E-state index contributed by atoms with van der Waals surface area (Å²) in [5, 5.41) is 6.13. The Morgan fingerprint density at radius 1 is 0.857 bits per heavy atom. The van der Waals surface area contributed by atoms with Crippen LogP contribution in [-0.4, -0.2) is 4.99 Å². The maximum Gasteiger partial charge on any atom is 0.104 e. The third kappa shape index (κ3) is 2.71. The van der Waals surface area contributed by atoms with E-state index in [1.165, 1.54) is 0 Å². The molecule has 0 aliphatic heterocycles. The van der Waals surface area contributed by atoms with Gasteiger partial charge in [-0.05, 0) is 29.7 Å². The molecular weight excluding hydrogens is 300 g/mol. The van der Waals surface area contributed by atoms with Gasteiger partial charge in [-0.3, -0.25) is 0 Å². The van der Waals surface area contributed by atoms with Gasteiger partial charge in [0.05, 0.1) is 10.7 Å². The third-order valence-corrected chi connectivity index (χ3v) is 3.88. The summed E-state index contributed by atoms with van der Waals surface area (Å²) in [7, 11) is 0. The minimum absolute atomic E-state index is 0.399. The van der Waals surface area contributed by atoms with Gasteiger partial charge >= 0.3 is 0 Å². The lowest BCUT2D eigenvalue weighted by atomic mass is 10.0. The summed E-state index contributed by atoms with van der Waals surface area (Å²) >= 11 is 11.3. The second-order valence-corrected chi connectivity index (χ2v) is 5.52. The minimum Gasteiger partial charge on any atom is -0.389 e. The fourth-order valence-electron chi connectivity index (χ4n) is 2.33. The van der Waals surface area contributed by atoms with E-state index >= 15 is 0 Å². The van der Waals surface area contributed by atoms with E-state index in [0.717, 1.165) is 27.7 Å². The standard InChI is InChI=1S/C17H13ClN2S/c18-14-7-3-4-8-16(14)20-15-10-9-13(17(19)21)11-5-1-2-6-12(11)15/h1-10,20H,(H2,19,21). The molecule has 0 aromatic heterocycles. The Balaban J connectivity index is 2.14. The molecule has 2 nitrogen and oxygen atoms in total. The smallest absolute Gasteiger partial charge is 0.104 e. The zero-order valence-electron chi connectivity index (χ0n) is 11.1. The van der Waals surface area contributed by atoms with Gasteiger partial charge in [-0.2, -0.15) is 0 Å². The van der Waals surface area contributed by atoms with Crippen LogP contribution in [0.4, 0.5) is 11.4 Å². The molecule has 0 saturated carbocycles. The Morgan fingerprint density at radius 3 is 2.24 bits per heavy atom. The fourth-order valence-corrected chi connectivity index (χ4v) is 2.69. The van der Waals surface area contributed by atoms with Gasteiger partial charge in [0, 0.05) is 16.6 Å². The van der Waals surface area contributed by atoms with E-state index in [9.17, 15) is 0 Å². The van der Waals surface area contributed by atoms with E-state index in [1.54, 1.807) is 0 Å². The first-order valence-corrected chi connectivity index (χ1v) is 7.28. The van der Waals surface area contributed by atoms with Gasteiger partial charge in [0.1, 0.15) is 4.99 Å². The number of halogens is 1. The molecule has 0 bridgehead atoms. The second kappa shape index (κ2) is 5.72. The molecule has 3 aromatic rings. The van der Waals surface area contributed by atoms with Crippen molar-refractivity contribution < 1.29 is 0 Å². The van der Waals surface area contributed by atoms with Crippen LogP contribution in [0, 0.1) is 0 Å². The van der Waals surface area contributed by atoms with E-state index in [1.807, 2.05) is 60.7 Å². The predicted octanol–water partition coefficient (Wildman–Crippen LogP) is 4.87. The third-order valence-electron chi connectivity index (χ3n) is 3.33. The molecule has 104 valence electrons. The number of benzene rings is 3. The number of fused-ring (bicyclic) bond motifs is 1. The molecule has 0 atom stereocenters. The van der Waals surface area contributed by atoms with Crippen molar-refractivity contribution in [2.45, 2.75) is 0 Å². The first-order chi connectivity index (χ1) is 10.2. The summed E-state index contributed by atoms with van der Waals surface area (Å²) in [6.45, 7) is 0. The molecule has 0 radical (unpaired) electrons. The second-order valence-electron chi connectivity index (χ2n) is 4.68. The van der Waals surface area contributed by atoms with Crippen LogP contribution < -0.4 is 11.1 Å². The Hall–Kier alpha value is -2.10. The van der Waals surface area contributed by atoms with Crippen LogP contribution in [0.3, 0.4) is 0 Å². The fraction of sp³-hybridized carbons (Fsp3) is 0. The molecule has 0 unspecified atom stereocenters. The van der Waals surface area contributed by atoms with E-state index in [0.29, 0.717) is 10.0 Å². The monoisotopic (exact) mass is 312 g/mol. The van der Waals surface area contributed by atoms with Crippen LogP contribution in [0.5, 0.6) is 0 Å². The molecule has 0 saturated heterocycles. The molecule has 21 heavy (non-hydrogen) atoms. The number of nitrogens with two attached hydrogens (primary N) is 1. The van der Waals surface area contributed by atoms with Crippen molar-refractivity contribution in [2.24, 2.45) is 5.73 Å². The maximum atomic E-state index is 6.20. The number of anilines is 2. The summed E-state index contributed by atoms with van der Waals surface area (Å²) in [6.07, 6.45) is 0. The Morgan fingerprint density at radius 2 is 1.52 bits per heavy atom. The highest BCUT2D eigenvalue weighted by atomic mass is 35.5. The van der Waals surface area contributed by atoms with Gasteiger partial charge in [-0.15, -0.1) is 0 Å². The highest BCUT2D eigenvalue weighted by molar-refractivity contribution is 7.80. The van der Waals surface area contributed by atoms with Gasteiger partial charge in [0.25, 0.3) is 0 Å². The molecule has 0 spiro atoms. The van der Waals surface area contributed by atoms with Crippen molar-refractivity contribution in [3.63, 3.8) is 0 Å². The van der Waals surface area contributed by atoms with Crippen LogP contribution in [0.25, 0.3) is 10.8 Å². The maximum absolute atomic E-state index is 6.20. The minimum atomic E-state index is 0.399. The summed E-state index contributed by atoms with van der Waals surface area (Å²) in [4.78, 5) is 0.399. The molecule has 0 heterocycles. The topological polar surface area (TPSA) is 38.0 Å². The zero-order valence-corrected chi connectivity index (χ0v) is 12.7. The number of thiocarbonyl (C=S) groups is 1. The van der Waals surface area contributed by atoms with E-state index < -0.39 is 0 Å². The van der Waals surface area contributed by atoms with Crippen molar-refractivity contribution in [1.82, 2.24) is 0 Å².